The van der Waals surface area contributed by atoms with Gasteiger partial charge < -0.3 is 0 Å². The first kappa shape index (κ1) is 8.56. The van der Waals surface area contributed by atoms with E-state index in [0.29, 0.717) is 0 Å². The van der Waals surface area contributed by atoms with Crippen molar-refractivity contribution < 1.29 is 0 Å². The molecule has 56 valence electrons. The molecule has 0 aromatic carbocycles. The van der Waals surface area contributed by atoms with Crippen LogP contribution >= 0.6 is 35.5 Å². The van der Waals surface area contributed by atoms with Crippen molar-refractivity contribution in [3.05, 3.63) is 9.81 Å². The third-order valence-corrected chi connectivity index (χ3v) is 4.45. The van der Waals surface area contributed by atoms with Crippen LogP contribution in [0, 0.1) is 0 Å². The monoisotopic (exact) mass is 191 g/mol. The molecule has 0 aromatic rings. The van der Waals surface area contributed by atoms with Gasteiger partial charge in [-0.25, -0.2) is 0 Å². The number of hydrogen-bond donors (Lipinski definition) is 0. The lowest BCUT2D eigenvalue weighted by Gasteiger charge is -2.10. The molecule has 10 heavy (non-hydrogen) atoms. The molecule has 0 fully saturated rings. The van der Waals surface area contributed by atoms with Crippen LogP contribution in [0.3, 0.4) is 0 Å². The van der Waals surface area contributed by atoms with Crippen molar-refractivity contribution in [1.82, 2.24) is 0 Å². The van der Waals surface area contributed by atoms with E-state index in [1.807, 2.05) is 0 Å². The Morgan fingerprint density at radius 3 is 2.50 bits per heavy atom. The summed E-state index contributed by atoms with van der Waals surface area (Å²) in [5, 5.41) is 0. The van der Waals surface area contributed by atoms with Gasteiger partial charge in [0, 0.05) is 16.9 Å². The van der Waals surface area contributed by atoms with Crippen molar-refractivity contribution in [3.8, 4) is 0 Å². The average molecular weight is 191 g/mol. The molecule has 1 aliphatic rings. The van der Waals surface area contributed by atoms with E-state index in [0.717, 1.165) is 4.38 Å². The van der Waals surface area contributed by atoms with Gasteiger partial charge in [0.1, 0.15) is 4.38 Å². The Labute approximate surface area is 74.3 Å². The van der Waals surface area contributed by atoms with Gasteiger partial charge in [-0.05, 0) is 25.0 Å². The van der Waals surface area contributed by atoms with Crippen LogP contribution < -0.4 is 0 Å². The Bertz CT molecular complexity index is 195. The van der Waals surface area contributed by atoms with Gasteiger partial charge >= 0.3 is 0 Å². The quantitative estimate of drug-likeness (QED) is 0.545. The number of nitrogens with zero attached hydrogens (tertiary/aromatic N) is 1. The highest BCUT2D eigenvalue weighted by Crippen LogP contribution is 2.37. The van der Waals surface area contributed by atoms with Gasteiger partial charge in [0.25, 0.3) is 0 Å². The lowest BCUT2D eigenvalue weighted by molar-refractivity contribution is 1.55. The predicted molar refractivity (Wildman–Crippen MR) is 54.5 cm³/mol. The van der Waals surface area contributed by atoms with E-state index in [1.165, 1.54) is 9.81 Å². The maximum Gasteiger partial charge on any atom is 0.142 e. The van der Waals surface area contributed by atoms with Crippen molar-refractivity contribution in [3.63, 3.8) is 0 Å². The summed E-state index contributed by atoms with van der Waals surface area (Å²) in [6.45, 7) is 4.24. The summed E-state index contributed by atoms with van der Waals surface area (Å²) in [4.78, 5) is 2.70. The molecule has 1 heterocycles. The Morgan fingerprint density at radius 2 is 2.00 bits per heavy atom. The summed E-state index contributed by atoms with van der Waals surface area (Å²) in [7, 11) is 0. The minimum absolute atomic E-state index is 1.16. The van der Waals surface area contributed by atoms with Gasteiger partial charge in [-0.15, -0.1) is 11.8 Å². The van der Waals surface area contributed by atoms with E-state index >= 15 is 0 Å². The molecule has 0 bridgehead atoms. The van der Waals surface area contributed by atoms with E-state index in [4.69, 9.17) is 0 Å². The van der Waals surface area contributed by atoms with Crippen LogP contribution in [0.1, 0.15) is 13.8 Å². The van der Waals surface area contributed by atoms with E-state index in [-0.39, 0.29) is 0 Å². The second kappa shape index (κ2) is 3.74. The molecule has 4 heteroatoms. The molecule has 1 nitrogen and oxygen atoms in total. The first-order valence-electron chi connectivity index (χ1n) is 2.88. The zero-order chi connectivity index (χ0) is 7.56. The molecule has 0 spiro atoms. The summed E-state index contributed by atoms with van der Waals surface area (Å²) >= 11 is 5.06. The summed E-state index contributed by atoms with van der Waals surface area (Å²) in [6.07, 6.45) is 2.06. The molecular formula is C6H9NS3. The summed E-state index contributed by atoms with van der Waals surface area (Å²) in [5.41, 5.74) is 0. The third kappa shape index (κ3) is 1.97. The number of hydrogen-bond acceptors (Lipinski definition) is 4. The molecular weight excluding hydrogens is 182 g/mol. The lowest BCUT2D eigenvalue weighted by Crippen LogP contribution is -1.89. The Hall–Kier alpha value is 0.460. The maximum absolute atomic E-state index is 4.28. The van der Waals surface area contributed by atoms with Crippen molar-refractivity contribution in [1.29, 1.82) is 0 Å². The van der Waals surface area contributed by atoms with Crippen LogP contribution in [0.15, 0.2) is 14.2 Å². The molecule has 0 amide bonds. The average Bonchev–Trinajstić information content (AvgIpc) is 1.95. The van der Waals surface area contributed by atoms with E-state index in [1.54, 1.807) is 35.5 Å². The van der Waals surface area contributed by atoms with Gasteiger partial charge in [0.15, 0.2) is 0 Å². The van der Waals surface area contributed by atoms with Gasteiger partial charge in [0.05, 0.1) is 0 Å². The minimum atomic E-state index is 1.16. The number of thioether (sulfide) groups is 2. The summed E-state index contributed by atoms with van der Waals surface area (Å²) < 4.78 is 5.44. The predicted octanol–water partition coefficient (Wildman–Crippen LogP) is 3.35. The van der Waals surface area contributed by atoms with Crippen LogP contribution in [0.25, 0.3) is 0 Å². The number of allylic oxidation sites excluding steroid dienone is 2. The Morgan fingerprint density at radius 1 is 1.30 bits per heavy atom. The molecule has 0 saturated heterocycles. The number of rotatable bonds is 0. The third-order valence-electron chi connectivity index (χ3n) is 1.17. The van der Waals surface area contributed by atoms with Gasteiger partial charge in [-0.1, -0.05) is 11.8 Å². The standard InChI is InChI=1S/C6H9NS3/c1-4-5(2)10-7-6(8-3)9-4/h1-3H3. The smallest absolute Gasteiger partial charge is 0.142 e. The fourth-order valence-corrected chi connectivity index (χ4v) is 2.83. The fraction of sp³-hybridized carbons (Fsp3) is 0.500. The fourth-order valence-electron chi connectivity index (χ4n) is 0.470. The first-order chi connectivity index (χ1) is 4.74. The molecule has 1 rings (SSSR count). The zero-order valence-electron chi connectivity index (χ0n) is 6.17. The Balaban J connectivity index is 2.63. The normalized spacial score (nSPS) is 19.3. The van der Waals surface area contributed by atoms with Gasteiger partial charge in [-0.3, -0.25) is 0 Å². The summed E-state index contributed by atoms with van der Waals surface area (Å²) in [6, 6.07) is 0. The van der Waals surface area contributed by atoms with Crippen LogP contribution in [0.4, 0.5) is 0 Å². The van der Waals surface area contributed by atoms with Crippen molar-refractivity contribution in [2.45, 2.75) is 13.8 Å². The molecule has 0 radical (unpaired) electrons. The largest absolute Gasteiger partial charge is 0.197 e. The van der Waals surface area contributed by atoms with Gasteiger partial charge in [-0.2, -0.15) is 4.40 Å². The molecule has 0 N–H and O–H groups in total. The van der Waals surface area contributed by atoms with Gasteiger partial charge in [0.2, 0.25) is 0 Å². The highest BCUT2D eigenvalue weighted by molar-refractivity contribution is 8.41. The maximum atomic E-state index is 4.28. The summed E-state index contributed by atoms with van der Waals surface area (Å²) in [5.74, 6) is 0. The molecule has 0 atom stereocenters. The first-order valence-corrected chi connectivity index (χ1v) is 5.70. The van der Waals surface area contributed by atoms with Crippen LogP contribution in [-0.4, -0.2) is 10.6 Å². The van der Waals surface area contributed by atoms with E-state index < -0.39 is 0 Å². The molecule has 0 aliphatic carbocycles. The van der Waals surface area contributed by atoms with Crippen molar-refractivity contribution in [2.75, 3.05) is 6.26 Å². The SMILES string of the molecule is CSC1=NSC(C)=C(C)S1. The van der Waals surface area contributed by atoms with Crippen molar-refractivity contribution in [2.24, 2.45) is 4.40 Å². The Kier molecular flexibility index (Phi) is 3.20. The van der Waals surface area contributed by atoms with E-state index in [2.05, 4.69) is 24.5 Å². The highest BCUT2D eigenvalue weighted by atomic mass is 32.2. The molecule has 1 aliphatic heterocycles. The molecule has 0 unspecified atom stereocenters. The van der Waals surface area contributed by atoms with E-state index in [9.17, 15) is 0 Å². The van der Waals surface area contributed by atoms with Crippen LogP contribution in [-0.2, 0) is 0 Å². The molecule has 0 saturated carbocycles. The molecule has 0 aromatic heterocycles. The second-order valence-corrected chi connectivity index (χ2v) is 5.10. The topological polar surface area (TPSA) is 12.4 Å². The highest BCUT2D eigenvalue weighted by Gasteiger charge is 2.09. The van der Waals surface area contributed by atoms with Crippen molar-refractivity contribution >= 4 is 39.8 Å². The van der Waals surface area contributed by atoms with Crippen LogP contribution in [0.5, 0.6) is 0 Å². The van der Waals surface area contributed by atoms with Crippen LogP contribution in [0.2, 0.25) is 0 Å². The zero-order valence-corrected chi connectivity index (χ0v) is 8.62. The minimum Gasteiger partial charge on any atom is -0.197 e. The second-order valence-electron chi connectivity index (χ2n) is 1.87. The lowest BCUT2D eigenvalue weighted by atomic mass is 10.6.